The number of aryl methyl sites for hydroxylation is 2. The lowest BCUT2D eigenvalue weighted by atomic mass is 9.70. The Kier molecular flexibility index (Phi) is 7.62. The van der Waals surface area contributed by atoms with Crippen molar-refractivity contribution in [3.63, 3.8) is 0 Å². The molecule has 2 aliphatic rings. The Morgan fingerprint density at radius 2 is 1.85 bits per heavy atom. The van der Waals surface area contributed by atoms with Gasteiger partial charge in [-0.2, -0.15) is 0 Å². The monoisotopic (exact) mass is 455 g/mol. The van der Waals surface area contributed by atoms with Crippen molar-refractivity contribution < 1.29 is 19.5 Å². The van der Waals surface area contributed by atoms with Crippen LogP contribution in [0.15, 0.2) is 30.4 Å². The Balaban J connectivity index is 2.05. The van der Waals surface area contributed by atoms with Crippen LogP contribution in [-0.2, 0) is 14.4 Å². The number of anilines is 1. The smallest absolute Gasteiger partial charge is 0.247 e. The van der Waals surface area contributed by atoms with E-state index in [1.54, 1.807) is 11.9 Å². The molecular formula is C26H37N3O4. The molecule has 1 fully saturated rings. The number of likely N-dealkylation sites (tertiary alicyclic amines) is 1. The van der Waals surface area contributed by atoms with Crippen molar-refractivity contribution in [1.29, 1.82) is 0 Å². The molecule has 1 aliphatic heterocycles. The minimum absolute atomic E-state index is 0.129. The number of aliphatic hydroxyl groups excluding tert-OH is 1. The zero-order valence-corrected chi connectivity index (χ0v) is 20.5. The summed E-state index contributed by atoms with van der Waals surface area (Å²) in [5.41, 5.74) is 2.65. The molecule has 7 nitrogen and oxygen atoms in total. The van der Waals surface area contributed by atoms with Crippen LogP contribution in [0.25, 0.3) is 0 Å². The number of hydrogen-bond donors (Lipinski definition) is 3. The van der Waals surface area contributed by atoms with Crippen molar-refractivity contribution >= 4 is 23.4 Å². The van der Waals surface area contributed by atoms with Crippen molar-refractivity contribution in [3.8, 4) is 0 Å². The number of benzene rings is 1. The number of hydrogen-bond acceptors (Lipinski definition) is 4. The number of amides is 3. The molecule has 33 heavy (non-hydrogen) atoms. The minimum Gasteiger partial charge on any atom is -0.394 e. The van der Waals surface area contributed by atoms with E-state index in [4.69, 9.17) is 0 Å². The van der Waals surface area contributed by atoms with Gasteiger partial charge in [0, 0.05) is 18.7 Å². The topological polar surface area (TPSA) is 98.7 Å². The molecular weight excluding hydrogens is 418 g/mol. The minimum atomic E-state index is -0.797. The van der Waals surface area contributed by atoms with Crippen LogP contribution in [0.5, 0.6) is 0 Å². The van der Waals surface area contributed by atoms with E-state index in [0.717, 1.165) is 11.1 Å². The molecule has 0 unspecified atom stereocenters. The molecule has 1 heterocycles. The van der Waals surface area contributed by atoms with Crippen molar-refractivity contribution in [3.05, 3.63) is 41.5 Å². The largest absolute Gasteiger partial charge is 0.394 e. The van der Waals surface area contributed by atoms with Gasteiger partial charge in [0.05, 0.1) is 24.5 Å². The van der Waals surface area contributed by atoms with Gasteiger partial charge in [0.1, 0.15) is 6.04 Å². The number of fused-ring (bicyclic) bond motifs is 1. The maximum absolute atomic E-state index is 13.8. The summed E-state index contributed by atoms with van der Waals surface area (Å²) in [7, 11) is 1.57. The summed E-state index contributed by atoms with van der Waals surface area (Å²) in [6.07, 6.45) is 4.43. The molecule has 3 N–H and O–H groups in total. The van der Waals surface area contributed by atoms with Gasteiger partial charge in [-0.3, -0.25) is 14.4 Å². The van der Waals surface area contributed by atoms with Gasteiger partial charge in [-0.05, 0) is 49.3 Å². The van der Waals surface area contributed by atoms with Crippen LogP contribution in [0.3, 0.4) is 0 Å². The van der Waals surface area contributed by atoms with Gasteiger partial charge >= 0.3 is 0 Å². The van der Waals surface area contributed by atoms with Crippen LogP contribution in [0.2, 0.25) is 0 Å². The fraction of sp³-hybridized carbons (Fsp3) is 0.577. The van der Waals surface area contributed by atoms with Crippen LogP contribution in [0, 0.1) is 43.4 Å². The molecule has 0 spiro atoms. The van der Waals surface area contributed by atoms with Crippen molar-refractivity contribution in [1.82, 2.24) is 10.2 Å². The Hall–Kier alpha value is -2.67. The Bertz CT molecular complexity index is 941. The Morgan fingerprint density at radius 1 is 1.15 bits per heavy atom. The fourth-order valence-electron chi connectivity index (χ4n) is 5.40. The summed E-state index contributed by atoms with van der Waals surface area (Å²) >= 11 is 0. The van der Waals surface area contributed by atoms with Crippen molar-refractivity contribution in [2.75, 3.05) is 19.0 Å². The second kappa shape index (κ2) is 10.1. The third kappa shape index (κ3) is 4.83. The number of allylic oxidation sites excluding steroid dienone is 1. The molecule has 6 atom stereocenters. The molecule has 0 radical (unpaired) electrons. The average molecular weight is 456 g/mol. The first-order valence-electron chi connectivity index (χ1n) is 11.8. The SMILES string of the molecule is CNC(=O)[C@H]1[C@@H]2C(=O)N([C@@H](CO)CC(C)C)[C@H](C(=O)Nc3cc(C)ccc3C)[C@H]2C=C[C@H]1C. The Morgan fingerprint density at radius 3 is 2.45 bits per heavy atom. The number of carbonyl (C=O) groups is 3. The highest BCUT2D eigenvalue weighted by atomic mass is 16.3. The quantitative estimate of drug-likeness (QED) is 0.551. The molecule has 1 saturated heterocycles. The first kappa shape index (κ1) is 25.0. The predicted octanol–water partition coefficient (Wildman–Crippen LogP) is 2.66. The van der Waals surface area contributed by atoms with E-state index in [0.29, 0.717) is 12.1 Å². The molecule has 0 aromatic heterocycles. The van der Waals surface area contributed by atoms with Gasteiger partial charge in [-0.25, -0.2) is 0 Å². The van der Waals surface area contributed by atoms with Crippen molar-refractivity contribution in [2.24, 2.45) is 29.6 Å². The third-order valence-corrected chi connectivity index (χ3v) is 7.03. The molecule has 0 bridgehead atoms. The molecule has 1 aromatic carbocycles. The van der Waals surface area contributed by atoms with E-state index in [1.165, 1.54) is 0 Å². The number of nitrogens with zero attached hydrogens (tertiary/aromatic N) is 1. The maximum Gasteiger partial charge on any atom is 0.247 e. The van der Waals surface area contributed by atoms with Gasteiger partial charge in [0.25, 0.3) is 0 Å². The van der Waals surface area contributed by atoms with Gasteiger partial charge in [0.15, 0.2) is 0 Å². The average Bonchev–Trinajstić information content (AvgIpc) is 3.06. The highest BCUT2D eigenvalue weighted by molar-refractivity contribution is 6.02. The predicted molar refractivity (Wildman–Crippen MR) is 128 cm³/mol. The van der Waals surface area contributed by atoms with Crippen LogP contribution >= 0.6 is 0 Å². The number of carbonyl (C=O) groups excluding carboxylic acids is 3. The number of nitrogens with one attached hydrogen (secondary N) is 2. The maximum atomic E-state index is 13.8. The molecule has 7 heteroatoms. The summed E-state index contributed by atoms with van der Waals surface area (Å²) in [6, 6.07) is 4.55. The summed E-state index contributed by atoms with van der Waals surface area (Å²) in [6.45, 7) is 9.62. The van der Waals surface area contributed by atoms with Crippen LogP contribution in [0.1, 0.15) is 38.3 Å². The summed E-state index contributed by atoms with van der Waals surface area (Å²) in [4.78, 5) is 41.8. The fourth-order valence-corrected chi connectivity index (χ4v) is 5.40. The molecule has 0 saturated carbocycles. The van der Waals surface area contributed by atoms with E-state index >= 15 is 0 Å². The number of rotatable bonds is 7. The van der Waals surface area contributed by atoms with E-state index in [-0.39, 0.29) is 36.2 Å². The first-order valence-corrected chi connectivity index (χ1v) is 11.8. The molecule has 3 amide bonds. The second-order valence-corrected chi connectivity index (χ2v) is 9.95. The molecule has 1 aliphatic carbocycles. The highest BCUT2D eigenvalue weighted by Gasteiger charge is 2.58. The Labute approximate surface area is 196 Å². The van der Waals surface area contributed by atoms with Gasteiger partial charge in [-0.15, -0.1) is 0 Å². The zero-order valence-electron chi connectivity index (χ0n) is 20.5. The van der Waals surface area contributed by atoms with Gasteiger partial charge < -0.3 is 20.6 Å². The summed E-state index contributed by atoms with van der Waals surface area (Å²) < 4.78 is 0. The normalized spacial score (nSPS) is 27.5. The van der Waals surface area contributed by atoms with E-state index in [1.807, 2.05) is 65.0 Å². The molecule has 180 valence electrons. The first-order chi connectivity index (χ1) is 15.6. The lowest BCUT2D eigenvalue weighted by Crippen LogP contribution is -2.51. The van der Waals surface area contributed by atoms with Crippen LogP contribution < -0.4 is 10.6 Å². The molecule has 3 rings (SSSR count). The number of aliphatic hydroxyl groups is 1. The van der Waals surface area contributed by atoms with E-state index in [2.05, 4.69) is 10.6 Å². The van der Waals surface area contributed by atoms with E-state index < -0.39 is 29.8 Å². The highest BCUT2D eigenvalue weighted by Crippen LogP contribution is 2.45. The van der Waals surface area contributed by atoms with Crippen molar-refractivity contribution in [2.45, 2.75) is 53.1 Å². The zero-order chi connectivity index (χ0) is 24.4. The lowest BCUT2D eigenvalue weighted by Gasteiger charge is -2.34. The van der Waals surface area contributed by atoms with Gasteiger partial charge in [0.2, 0.25) is 17.7 Å². The second-order valence-electron chi connectivity index (χ2n) is 9.95. The lowest BCUT2D eigenvalue weighted by molar-refractivity contribution is -0.142. The van der Waals surface area contributed by atoms with Crippen LogP contribution in [0.4, 0.5) is 5.69 Å². The summed E-state index contributed by atoms with van der Waals surface area (Å²) in [5.74, 6) is -2.26. The molecule has 1 aromatic rings. The standard InChI is InChI=1S/C26H37N3O4/c1-14(2)11-18(13-30)29-23(25(32)28-20-12-15(3)7-8-16(20)4)19-10-9-17(5)21(24(31)27-6)22(19)26(29)33/h7-10,12,14,17-19,21-23,30H,11,13H2,1-6H3,(H,27,31)(H,28,32)/t17-,18-,19+,21-,22-,23+/m1/s1. The van der Waals surface area contributed by atoms with E-state index in [9.17, 15) is 19.5 Å². The van der Waals surface area contributed by atoms with Crippen LogP contribution in [-0.4, -0.2) is 53.5 Å². The van der Waals surface area contributed by atoms with Gasteiger partial charge in [-0.1, -0.05) is 45.1 Å². The summed E-state index contributed by atoms with van der Waals surface area (Å²) in [5, 5.41) is 15.9. The third-order valence-electron chi connectivity index (χ3n) is 7.03.